The Kier molecular flexibility index (Phi) is 17.3. The van der Waals surface area contributed by atoms with Gasteiger partial charge in [-0.2, -0.15) is 12.1 Å². The fraction of sp³-hybridized carbons (Fsp3) is 0.318. The van der Waals surface area contributed by atoms with Gasteiger partial charge >= 0.3 is 41.9 Å². The van der Waals surface area contributed by atoms with Gasteiger partial charge in [0.2, 0.25) is 0 Å². The van der Waals surface area contributed by atoms with Gasteiger partial charge in [-0.25, -0.2) is 0 Å². The second-order valence-electron chi connectivity index (χ2n) is 13.5. The molecule has 0 spiro atoms. The smallest absolute Gasteiger partial charge is 1.00 e. The van der Waals surface area contributed by atoms with E-state index in [0.717, 1.165) is 6.42 Å². The maximum atomic E-state index is 2.38. The number of fused-ring (bicyclic) bond motifs is 2. The van der Waals surface area contributed by atoms with Crippen molar-refractivity contribution in [2.45, 2.75) is 92.2 Å². The average Bonchev–Trinajstić information content (AvgIpc) is 3.69. The molecule has 0 amide bonds. The van der Waals surface area contributed by atoms with Gasteiger partial charge in [0.1, 0.15) is 0 Å². The summed E-state index contributed by atoms with van der Waals surface area (Å²) in [5, 5.41) is 5.48. The minimum atomic E-state index is 0. The van der Waals surface area contributed by atoms with Gasteiger partial charge in [-0.05, 0) is 46.4 Å². The number of aryl methyl sites for hydroxylation is 1. The maximum Gasteiger partial charge on any atom is -1.00 e. The third kappa shape index (κ3) is 10.9. The quantitative estimate of drug-likeness (QED) is 0.116. The van der Waals surface area contributed by atoms with Crippen LogP contribution in [0.25, 0.3) is 43.8 Å². The Bertz CT molecular complexity index is 1850. The zero-order valence-corrected chi connectivity index (χ0v) is 35.3. The second kappa shape index (κ2) is 19.8. The van der Waals surface area contributed by atoms with Crippen molar-refractivity contribution in [2.75, 3.05) is 0 Å². The molecule has 0 heterocycles. The van der Waals surface area contributed by atoms with E-state index in [1.54, 1.807) is 23.3 Å². The summed E-state index contributed by atoms with van der Waals surface area (Å²) in [6.07, 6.45) is 2.29. The summed E-state index contributed by atoms with van der Waals surface area (Å²) >= 11 is 1.74. The molecule has 0 aromatic heterocycles. The van der Waals surface area contributed by atoms with Crippen molar-refractivity contribution in [3.8, 4) is 22.3 Å². The minimum absolute atomic E-state index is 0. The predicted octanol–water partition coefficient (Wildman–Crippen LogP) is 7.57. The summed E-state index contributed by atoms with van der Waals surface area (Å²) in [6.45, 7) is 20.4. The molecule has 0 saturated carbocycles. The standard InChI is InChI=1S/C22H25.C20H21.C2H6Si.2ClH.Zr/c1-5-16(4)20-13-19-7-6-8-21(22(19)14-20)18-11-9-17(10-12-18)15(2)3;1-4-15-12-18-6-5-7-19(20(18)13-15)17-10-8-16(9-11-17)14(2)3;1-3-2;;;/h6-16H,5H2,1-4H3;5-14H,4H2,1-3H3;1-2H3;2*1H;/q2*-1;;;;+2/p-2. The molecule has 0 radical (unpaired) electrons. The van der Waals surface area contributed by atoms with E-state index in [4.69, 9.17) is 0 Å². The monoisotopic (exact) mass is 768 g/mol. The Balaban J connectivity index is 0.000000290. The molecule has 6 aromatic rings. The average molecular weight is 771 g/mol. The van der Waals surface area contributed by atoms with Crippen LogP contribution in [0.4, 0.5) is 0 Å². The van der Waals surface area contributed by atoms with Gasteiger partial charge in [0.25, 0.3) is 0 Å². The van der Waals surface area contributed by atoms with Crippen LogP contribution in [0, 0.1) is 0 Å². The van der Waals surface area contributed by atoms with E-state index in [9.17, 15) is 0 Å². The summed E-state index contributed by atoms with van der Waals surface area (Å²) in [4.78, 5) is 0. The first-order chi connectivity index (χ1) is 22.0. The molecule has 0 bridgehead atoms. The molecule has 6 aromatic carbocycles. The Labute approximate surface area is 318 Å². The summed E-state index contributed by atoms with van der Waals surface area (Å²) < 4.78 is 0. The first-order valence-corrected chi connectivity index (χ1v) is 23.3. The fourth-order valence-electron chi connectivity index (χ4n) is 5.88. The van der Waals surface area contributed by atoms with Crippen LogP contribution in [-0.2, 0) is 29.8 Å². The van der Waals surface area contributed by atoms with Gasteiger partial charge in [0.15, 0.2) is 0 Å². The van der Waals surface area contributed by atoms with Gasteiger partial charge < -0.3 is 24.8 Å². The van der Waals surface area contributed by atoms with Crippen molar-refractivity contribution in [1.82, 2.24) is 0 Å². The SMILES string of the molecule is CCC(C)c1cc2c(-c3ccc(C(C)C)cc3)cccc2[cH-]1.CCc1cc2c(-c3ccc(C(C)C)cc3)cccc2[cH-]1.C[Si](C)=[Zr+2].[Cl-].[Cl-]. The van der Waals surface area contributed by atoms with Crippen LogP contribution in [0.15, 0.2) is 109 Å². The number of hydrogen-bond acceptors (Lipinski definition) is 0. The van der Waals surface area contributed by atoms with Crippen LogP contribution in [0.2, 0.25) is 13.1 Å². The van der Waals surface area contributed by atoms with Crippen LogP contribution < -0.4 is 24.8 Å². The van der Waals surface area contributed by atoms with E-state index in [2.05, 4.69) is 171 Å². The van der Waals surface area contributed by atoms with Gasteiger partial charge in [-0.1, -0.05) is 127 Å². The van der Waals surface area contributed by atoms with E-state index in [-0.39, 0.29) is 30.2 Å². The van der Waals surface area contributed by atoms with E-state index >= 15 is 0 Å². The molecule has 0 fully saturated rings. The van der Waals surface area contributed by atoms with Crippen LogP contribution in [0.5, 0.6) is 0 Å². The van der Waals surface area contributed by atoms with Crippen molar-refractivity contribution in [3.05, 3.63) is 131 Å². The minimum Gasteiger partial charge on any atom is -1.00 e. The molecule has 0 N–H and O–H groups in total. The van der Waals surface area contributed by atoms with Crippen LogP contribution in [0.1, 0.15) is 94.9 Å². The number of rotatable bonds is 7. The van der Waals surface area contributed by atoms with Crippen molar-refractivity contribution in [3.63, 3.8) is 0 Å². The van der Waals surface area contributed by atoms with Crippen molar-refractivity contribution < 1.29 is 48.1 Å². The molecule has 0 aliphatic rings. The van der Waals surface area contributed by atoms with E-state index < -0.39 is 0 Å². The maximum absolute atomic E-state index is 2.38. The Morgan fingerprint density at radius 1 is 0.604 bits per heavy atom. The van der Waals surface area contributed by atoms with Crippen LogP contribution in [0.3, 0.4) is 0 Å². The third-order valence-corrected chi connectivity index (χ3v) is 8.95. The van der Waals surface area contributed by atoms with E-state index in [1.807, 2.05) is 0 Å². The van der Waals surface area contributed by atoms with Crippen molar-refractivity contribution >= 4 is 27.0 Å². The molecule has 1 atom stereocenters. The van der Waals surface area contributed by atoms with Gasteiger partial charge in [-0.3, -0.25) is 0 Å². The molecule has 6 rings (SSSR count). The van der Waals surface area contributed by atoms with E-state index in [0.29, 0.717) is 17.8 Å². The van der Waals surface area contributed by atoms with E-state index in [1.165, 1.54) is 72.5 Å². The van der Waals surface area contributed by atoms with Crippen LogP contribution in [-0.4, -0.2) is 5.43 Å². The Morgan fingerprint density at radius 3 is 1.42 bits per heavy atom. The zero-order valence-electron chi connectivity index (χ0n) is 30.3. The first-order valence-electron chi connectivity index (χ1n) is 17.1. The molecule has 0 aliphatic carbocycles. The van der Waals surface area contributed by atoms with Crippen molar-refractivity contribution in [2.24, 2.45) is 0 Å². The molecular weight excluding hydrogens is 719 g/mol. The molecule has 4 heteroatoms. The zero-order chi connectivity index (χ0) is 33.4. The second-order valence-corrected chi connectivity index (χ2v) is 22.9. The van der Waals surface area contributed by atoms with Crippen molar-refractivity contribution in [1.29, 1.82) is 0 Å². The van der Waals surface area contributed by atoms with Gasteiger partial charge in [-0.15, -0.1) is 69.1 Å². The first kappa shape index (κ1) is 41.9. The normalized spacial score (nSPS) is 11.3. The molecule has 0 nitrogen and oxygen atoms in total. The Morgan fingerprint density at radius 2 is 1.02 bits per heavy atom. The molecule has 252 valence electrons. The van der Waals surface area contributed by atoms with Gasteiger partial charge in [0, 0.05) is 0 Å². The molecule has 0 saturated heterocycles. The van der Waals surface area contributed by atoms with Crippen LogP contribution >= 0.6 is 0 Å². The Hall–Kier alpha value is -2.22. The fourth-order valence-corrected chi connectivity index (χ4v) is 5.88. The summed E-state index contributed by atoms with van der Waals surface area (Å²) in [5.74, 6) is 1.80. The summed E-state index contributed by atoms with van der Waals surface area (Å²) in [7, 11) is 0. The molecular formula is C44H52Cl2SiZr-2. The number of halogens is 2. The molecule has 48 heavy (non-hydrogen) atoms. The number of hydrogen-bond donors (Lipinski definition) is 0. The largest absolute Gasteiger partial charge is 1.00 e. The summed E-state index contributed by atoms with van der Waals surface area (Å²) in [6, 6.07) is 40.7. The number of benzene rings is 4. The predicted molar refractivity (Wildman–Crippen MR) is 204 cm³/mol. The molecule has 0 aliphatic heterocycles. The topological polar surface area (TPSA) is 0 Å². The third-order valence-electron chi connectivity index (χ3n) is 8.95. The van der Waals surface area contributed by atoms with Gasteiger partial charge in [0.05, 0.1) is 0 Å². The summed E-state index contributed by atoms with van der Waals surface area (Å²) in [5.41, 5.74) is 11.2. The molecule has 1 unspecified atom stereocenters.